The van der Waals surface area contributed by atoms with Crippen molar-refractivity contribution in [3.63, 3.8) is 0 Å². The van der Waals surface area contributed by atoms with E-state index in [2.05, 4.69) is 16.7 Å². The first-order valence-corrected chi connectivity index (χ1v) is 11.1. The van der Waals surface area contributed by atoms with Crippen molar-refractivity contribution in [1.29, 1.82) is 0 Å². The van der Waals surface area contributed by atoms with Gasteiger partial charge in [0.15, 0.2) is 0 Å². The zero-order chi connectivity index (χ0) is 20.4. The van der Waals surface area contributed by atoms with E-state index in [0.29, 0.717) is 12.0 Å². The van der Waals surface area contributed by atoms with Crippen LogP contribution in [0.1, 0.15) is 43.0 Å². The molecule has 0 bridgehead atoms. The van der Waals surface area contributed by atoms with Gasteiger partial charge in [-0.25, -0.2) is 5.48 Å². The molecule has 0 radical (unpaired) electrons. The van der Waals surface area contributed by atoms with Crippen molar-refractivity contribution in [2.24, 2.45) is 0 Å². The zero-order valence-electron chi connectivity index (χ0n) is 15.5. The number of hydrogen-bond donors (Lipinski definition) is 2. The quantitative estimate of drug-likeness (QED) is 0.177. The van der Waals surface area contributed by atoms with Gasteiger partial charge in [-0.3, -0.25) is 9.35 Å². The van der Waals surface area contributed by atoms with Crippen LogP contribution in [-0.2, 0) is 14.7 Å². The first-order valence-electron chi connectivity index (χ1n) is 8.89. The molecule has 2 N–H and O–H groups in total. The summed E-state index contributed by atoms with van der Waals surface area (Å²) in [5, 5.41) is 0. The van der Waals surface area contributed by atoms with Crippen molar-refractivity contribution in [1.82, 2.24) is 5.48 Å². The maximum absolute atomic E-state index is 12.7. The maximum Gasteiger partial charge on any atom is 0.418 e. The van der Waals surface area contributed by atoms with Crippen molar-refractivity contribution in [2.75, 3.05) is 0 Å². The third-order valence-corrected chi connectivity index (χ3v) is 5.06. The minimum Gasteiger partial charge on any atom is -0.287 e. The topological polar surface area (TPSA) is 92.7 Å². The van der Waals surface area contributed by atoms with E-state index in [1.165, 1.54) is 0 Å². The Balaban J connectivity index is 2.10. The van der Waals surface area contributed by atoms with Crippen LogP contribution >= 0.6 is 11.8 Å². The minimum atomic E-state index is -4.72. The number of hydroxylamine groups is 1. The Hall–Kier alpha value is -2.13. The van der Waals surface area contributed by atoms with Crippen LogP contribution in [0.2, 0.25) is 0 Å². The van der Waals surface area contributed by atoms with Gasteiger partial charge < -0.3 is 0 Å². The third kappa shape index (κ3) is 7.85. The fourth-order valence-corrected chi connectivity index (χ4v) is 3.41. The highest BCUT2D eigenvalue weighted by molar-refractivity contribution is 7.99. The van der Waals surface area contributed by atoms with Crippen molar-refractivity contribution < 1.29 is 22.0 Å². The highest BCUT2D eigenvalue weighted by Crippen LogP contribution is 2.27. The molecule has 0 spiro atoms. The van der Waals surface area contributed by atoms with Crippen molar-refractivity contribution in [2.45, 2.75) is 42.4 Å². The lowest BCUT2D eigenvalue weighted by atomic mass is 10.1. The van der Waals surface area contributed by atoms with Gasteiger partial charge >= 0.3 is 10.4 Å². The number of rotatable bonds is 11. The number of allylic oxidation sites excluding steroid dienone is 2. The number of ketones is 1. The van der Waals surface area contributed by atoms with E-state index in [0.717, 1.165) is 29.1 Å². The second-order valence-corrected chi connectivity index (χ2v) is 8.16. The predicted octanol–water partition coefficient (Wildman–Crippen LogP) is 4.81. The molecule has 28 heavy (non-hydrogen) atoms. The molecule has 0 aliphatic heterocycles. The standard InChI is InChI=1S/C20H23NO5S2/c1-2-3-4-8-11-19(21-26-28(23,24)25)20(22)16-12-14-18(15-13-16)27-17-9-6-5-7-10-17/h5-7,9-15,21H,2-4,8H2,1H3,(H,23,24,25)/b19-11-. The maximum atomic E-state index is 12.7. The number of Topliss-reactive ketones (excluding diaryl/α,β-unsaturated/α-hetero) is 1. The number of unbranched alkanes of at least 4 members (excludes halogenated alkanes) is 3. The second kappa shape index (κ2) is 11.0. The van der Waals surface area contributed by atoms with E-state index >= 15 is 0 Å². The molecular formula is C20H23NO5S2. The monoisotopic (exact) mass is 421 g/mol. The summed E-state index contributed by atoms with van der Waals surface area (Å²) in [7, 11) is -4.72. The molecule has 2 rings (SSSR count). The van der Waals surface area contributed by atoms with E-state index in [4.69, 9.17) is 4.55 Å². The summed E-state index contributed by atoms with van der Waals surface area (Å²) in [5.74, 6) is -0.420. The molecule has 0 aliphatic rings. The molecule has 0 heterocycles. The summed E-state index contributed by atoms with van der Waals surface area (Å²) in [5.41, 5.74) is 2.41. The van der Waals surface area contributed by atoms with Gasteiger partial charge in [0.05, 0.1) is 0 Å². The van der Waals surface area contributed by atoms with Gasteiger partial charge in [0.2, 0.25) is 5.78 Å². The van der Waals surface area contributed by atoms with Gasteiger partial charge in [-0.2, -0.15) is 8.42 Å². The Bertz CT molecular complexity index is 894. The lowest BCUT2D eigenvalue weighted by Gasteiger charge is -2.09. The summed E-state index contributed by atoms with van der Waals surface area (Å²) < 4.78 is 34.6. The van der Waals surface area contributed by atoms with E-state index in [1.807, 2.05) is 42.5 Å². The van der Waals surface area contributed by atoms with Gasteiger partial charge in [0, 0.05) is 15.4 Å². The van der Waals surface area contributed by atoms with Gasteiger partial charge in [-0.15, -0.1) is 4.28 Å². The number of carbonyl (C=O) groups is 1. The average Bonchev–Trinajstić information content (AvgIpc) is 2.67. The number of nitrogens with one attached hydrogen (secondary N) is 1. The molecular weight excluding hydrogens is 398 g/mol. The molecule has 0 saturated heterocycles. The van der Waals surface area contributed by atoms with Crippen molar-refractivity contribution >= 4 is 27.9 Å². The van der Waals surface area contributed by atoms with Crippen LogP contribution in [0.5, 0.6) is 0 Å². The molecule has 0 fully saturated rings. The largest absolute Gasteiger partial charge is 0.418 e. The number of benzene rings is 2. The summed E-state index contributed by atoms with van der Waals surface area (Å²) in [6.07, 6.45) is 5.02. The summed E-state index contributed by atoms with van der Waals surface area (Å²) in [4.78, 5) is 14.8. The van der Waals surface area contributed by atoms with E-state index < -0.39 is 16.2 Å². The molecule has 0 aromatic heterocycles. The van der Waals surface area contributed by atoms with Gasteiger partial charge in [0.25, 0.3) is 0 Å². The average molecular weight is 422 g/mol. The number of carbonyl (C=O) groups excluding carboxylic acids is 1. The fourth-order valence-electron chi connectivity index (χ4n) is 2.37. The van der Waals surface area contributed by atoms with E-state index in [1.54, 1.807) is 30.0 Å². The molecule has 0 atom stereocenters. The summed E-state index contributed by atoms with van der Waals surface area (Å²) in [6, 6.07) is 16.8. The Kier molecular flexibility index (Phi) is 8.72. The van der Waals surface area contributed by atoms with Crippen molar-refractivity contribution in [3.8, 4) is 0 Å². The zero-order valence-corrected chi connectivity index (χ0v) is 17.1. The molecule has 0 amide bonds. The second-order valence-electron chi connectivity index (χ2n) is 6.00. The van der Waals surface area contributed by atoms with Crippen LogP contribution in [0.4, 0.5) is 0 Å². The number of hydrogen-bond acceptors (Lipinski definition) is 6. The Labute approximate surface area is 169 Å². The SMILES string of the molecule is CCCCC/C=C(\NOS(=O)(=O)O)C(=O)c1ccc(Sc2ccccc2)cc1. The Morgan fingerprint density at radius 3 is 2.32 bits per heavy atom. The molecule has 2 aromatic carbocycles. The summed E-state index contributed by atoms with van der Waals surface area (Å²) >= 11 is 1.57. The molecule has 150 valence electrons. The normalized spacial score (nSPS) is 12.0. The molecule has 0 unspecified atom stereocenters. The lowest BCUT2D eigenvalue weighted by molar-refractivity contribution is 0.0986. The van der Waals surface area contributed by atoms with Crippen molar-refractivity contribution in [3.05, 3.63) is 71.9 Å². The predicted molar refractivity (Wildman–Crippen MR) is 109 cm³/mol. The Morgan fingerprint density at radius 2 is 1.71 bits per heavy atom. The third-order valence-electron chi connectivity index (χ3n) is 3.75. The molecule has 0 aliphatic carbocycles. The first-order chi connectivity index (χ1) is 13.4. The van der Waals surface area contributed by atoms with Gasteiger partial charge in [0.1, 0.15) is 5.70 Å². The van der Waals surface area contributed by atoms with Crippen LogP contribution in [0, 0.1) is 0 Å². The van der Waals surface area contributed by atoms with E-state index in [-0.39, 0.29) is 5.70 Å². The fraction of sp³-hybridized carbons (Fsp3) is 0.250. The van der Waals surface area contributed by atoms with Crippen LogP contribution in [0.15, 0.2) is 76.2 Å². The van der Waals surface area contributed by atoms with Gasteiger partial charge in [-0.1, -0.05) is 55.8 Å². The van der Waals surface area contributed by atoms with Gasteiger partial charge in [-0.05, 0) is 49.2 Å². The van der Waals surface area contributed by atoms with Crippen LogP contribution in [0.3, 0.4) is 0 Å². The summed E-state index contributed by atoms with van der Waals surface area (Å²) in [6.45, 7) is 2.06. The molecule has 2 aromatic rings. The molecule has 0 saturated carbocycles. The first kappa shape index (κ1) is 22.2. The lowest BCUT2D eigenvalue weighted by Crippen LogP contribution is -2.24. The highest BCUT2D eigenvalue weighted by atomic mass is 32.3. The van der Waals surface area contributed by atoms with Crippen LogP contribution < -0.4 is 5.48 Å². The Morgan fingerprint density at radius 1 is 1.07 bits per heavy atom. The van der Waals surface area contributed by atoms with Crippen LogP contribution in [0.25, 0.3) is 0 Å². The molecule has 8 heteroatoms. The van der Waals surface area contributed by atoms with E-state index in [9.17, 15) is 13.2 Å². The minimum absolute atomic E-state index is 0.0304. The molecule has 6 nitrogen and oxygen atoms in total. The smallest absolute Gasteiger partial charge is 0.287 e. The highest BCUT2D eigenvalue weighted by Gasteiger charge is 2.15. The van der Waals surface area contributed by atoms with Crippen LogP contribution in [-0.4, -0.2) is 18.8 Å².